The Morgan fingerprint density at radius 1 is 1.40 bits per heavy atom. The quantitative estimate of drug-likeness (QED) is 0.432. The lowest BCUT2D eigenvalue weighted by molar-refractivity contribution is 0.317. The van der Waals surface area contributed by atoms with E-state index in [9.17, 15) is 0 Å². The van der Waals surface area contributed by atoms with Crippen molar-refractivity contribution >= 4 is 11.9 Å². The van der Waals surface area contributed by atoms with Gasteiger partial charge in [0.2, 0.25) is 0 Å². The minimum atomic E-state index is -0.0163. The molecular formula is C12H16N2O. The molecule has 3 heteroatoms. The summed E-state index contributed by atoms with van der Waals surface area (Å²) < 4.78 is 0. The van der Waals surface area contributed by atoms with E-state index in [1.54, 1.807) is 6.21 Å². The van der Waals surface area contributed by atoms with Gasteiger partial charge in [0.1, 0.15) is 0 Å². The summed E-state index contributed by atoms with van der Waals surface area (Å²) in [7, 11) is 2.03. The average Bonchev–Trinajstić information content (AvgIpc) is 2.41. The molecule has 3 nitrogen and oxygen atoms in total. The van der Waals surface area contributed by atoms with Gasteiger partial charge in [-0.05, 0) is 11.6 Å². The second-order valence-electron chi connectivity index (χ2n) is 4.56. The lowest BCUT2D eigenvalue weighted by Gasteiger charge is -2.28. The van der Waals surface area contributed by atoms with Gasteiger partial charge in [-0.15, -0.1) is 0 Å². The lowest BCUT2D eigenvalue weighted by Crippen LogP contribution is -2.40. The molecular weight excluding hydrogens is 188 g/mol. The van der Waals surface area contributed by atoms with Crippen molar-refractivity contribution in [2.75, 3.05) is 11.9 Å². The summed E-state index contributed by atoms with van der Waals surface area (Å²) in [5.74, 6) is 0. The number of oxime groups is 1. The molecule has 1 aromatic carbocycles. The lowest BCUT2D eigenvalue weighted by atomic mass is 9.81. The number of rotatable bonds is 1. The van der Waals surface area contributed by atoms with Crippen LogP contribution in [0.3, 0.4) is 0 Å². The van der Waals surface area contributed by atoms with E-state index >= 15 is 0 Å². The van der Waals surface area contributed by atoms with Gasteiger partial charge < -0.3 is 10.1 Å². The number of hydrogen-bond acceptors (Lipinski definition) is 3. The third-order valence-electron chi connectivity index (χ3n) is 3.34. The van der Waals surface area contributed by atoms with Gasteiger partial charge in [0.05, 0.1) is 12.3 Å². The molecule has 2 rings (SSSR count). The van der Waals surface area contributed by atoms with Crippen LogP contribution in [0.4, 0.5) is 5.69 Å². The predicted molar refractivity (Wildman–Crippen MR) is 61.9 cm³/mol. The summed E-state index contributed by atoms with van der Waals surface area (Å²) in [6.45, 7) is 4.34. The highest BCUT2D eigenvalue weighted by atomic mass is 16.4. The number of para-hydroxylation sites is 1. The van der Waals surface area contributed by atoms with Crippen LogP contribution in [0.15, 0.2) is 29.4 Å². The van der Waals surface area contributed by atoms with Crippen LogP contribution in [0.25, 0.3) is 0 Å². The normalized spacial score (nSPS) is 23.4. The average molecular weight is 204 g/mol. The molecule has 0 amide bonds. The Bertz CT molecular complexity index is 398. The maximum Gasteiger partial charge on any atom is 0.0766 e. The number of likely N-dealkylation sites (N-methyl/N-ethyl adjacent to an activating group) is 1. The first-order valence-electron chi connectivity index (χ1n) is 5.09. The van der Waals surface area contributed by atoms with Crippen LogP contribution >= 0.6 is 0 Å². The molecule has 1 atom stereocenters. The predicted octanol–water partition coefficient (Wildman–Crippen LogP) is 2.24. The summed E-state index contributed by atoms with van der Waals surface area (Å²) in [5, 5.41) is 11.9. The molecule has 1 heterocycles. The van der Waals surface area contributed by atoms with Crippen LogP contribution < -0.4 is 4.90 Å². The molecule has 0 aromatic heterocycles. The minimum absolute atomic E-state index is 0.0163. The highest BCUT2D eigenvalue weighted by molar-refractivity contribution is 5.79. The van der Waals surface area contributed by atoms with Gasteiger partial charge in [0, 0.05) is 18.2 Å². The summed E-state index contributed by atoms with van der Waals surface area (Å²) in [5.41, 5.74) is 2.50. The third kappa shape index (κ3) is 1.30. The van der Waals surface area contributed by atoms with E-state index in [4.69, 9.17) is 5.21 Å². The molecule has 80 valence electrons. The SMILES string of the molecule is CN1c2ccccc2C(C)(C)C1C=NO. The monoisotopic (exact) mass is 204 g/mol. The smallest absolute Gasteiger partial charge is 0.0766 e. The van der Waals surface area contributed by atoms with Crippen molar-refractivity contribution in [2.45, 2.75) is 25.3 Å². The maximum absolute atomic E-state index is 8.70. The van der Waals surface area contributed by atoms with Crippen molar-refractivity contribution in [3.63, 3.8) is 0 Å². The molecule has 15 heavy (non-hydrogen) atoms. The van der Waals surface area contributed by atoms with Crippen molar-refractivity contribution in [1.82, 2.24) is 0 Å². The number of benzene rings is 1. The molecule has 0 bridgehead atoms. The molecule has 1 aliphatic heterocycles. The molecule has 1 aliphatic rings. The first-order valence-corrected chi connectivity index (χ1v) is 5.09. The zero-order chi connectivity index (χ0) is 11.1. The van der Waals surface area contributed by atoms with E-state index in [-0.39, 0.29) is 11.5 Å². The molecule has 0 fully saturated rings. The van der Waals surface area contributed by atoms with E-state index in [0.29, 0.717) is 0 Å². The van der Waals surface area contributed by atoms with Crippen LogP contribution in [0.2, 0.25) is 0 Å². The first kappa shape index (κ1) is 10.0. The Hall–Kier alpha value is -1.51. The second kappa shape index (κ2) is 3.26. The first-order chi connectivity index (χ1) is 7.09. The fraction of sp³-hybridized carbons (Fsp3) is 0.417. The van der Waals surface area contributed by atoms with Crippen LogP contribution in [0.5, 0.6) is 0 Å². The van der Waals surface area contributed by atoms with Crippen molar-refractivity contribution < 1.29 is 5.21 Å². The van der Waals surface area contributed by atoms with Gasteiger partial charge in [-0.25, -0.2) is 0 Å². The van der Waals surface area contributed by atoms with Crippen molar-refractivity contribution in [3.8, 4) is 0 Å². The van der Waals surface area contributed by atoms with E-state index < -0.39 is 0 Å². The molecule has 0 spiro atoms. The van der Waals surface area contributed by atoms with E-state index in [2.05, 4.69) is 36.0 Å². The molecule has 1 unspecified atom stereocenters. The van der Waals surface area contributed by atoms with E-state index in [1.807, 2.05) is 19.2 Å². The van der Waals surface area contributed by atoms with Gasteiger partial charge in [-0.1, -0.05) is 37.2 Å². The largest absolute Gasteiger partial charge is 0.411 e. The van der Waals surface area contributed by atoms with Crippen LogP contribution in [0.1, 0.15) is 19.4 Å². The number of nitrogens with zero attached hydrogens (tertiary/aromatic N) is 2. The third-order valence-corrected chi connectivity index (χ3v) is 3.34. The fourth-order valence-electron chi connectivity index (χ4n) is 2.47. The summed E-state index contributed by atoms with van der Waals surface area (Å²) in [6, 6.07) is 8.43. The molecule has 0 saturated heterocycles. The number of anilines is 1. The highest BCUT2D eigenvalue weighted by Crippen LogP contribution is 2.43. The van der Waals surface area contributed by atoms with E-state index in [0.717, 1.165) is 0 Å². The number of fused-ring (bicyclic) bond motifs is 1. The molecule has 1 N–H and O–H groups in total. The summed E-state index contributed by atoms with van der Waals surface area (Å²) in [4.78, 5) is 2.15. The Kier molecular flexibility index (Phi) is 2.18. The Morgan fingerprint density at radius 3 is 2.67 bits per heavy atom. The Labute approximate surface area is 90.0 Å². The van der Waals surface area contributed by atoms with Gasteiger partial charge in [0.15, 0.2) is 0 Å². The van der Waals surface area contributed by atoms with Crippen LogP contribution in [-0.4, -0.2) is 24.5 Å². The molecule has 1 aromatic rings. The molecule has 0 radical (unpaired) electrons. The Morgan fingerprint density at radius 2 is 2.07 bits per heavy atom. The summed E-state index contributed by atoms with van der Waals surface area (Å²) >= 11 is 0. The zero-order valence-electron chi connectivity index (χ0n) is 9.31. The fourth-order valence-corrected chi connectivity index (χ4v) is 2.47. The highest BCUT2D eigenvalue weighted by Gasteiger charge is 2.41. The zero-order valence-corrected chi connectivity index (χ0v) is 9.31. The van der Waals surface area contributed by atoms with Gasteiger partial charge in [-0.3, -0.25) is 0 Å². The van der Waals surface area contributed by atoms with Gasteiger partial charge in [0.25, 0.3) is 0 Å². The molecule has 0 aliphatic carbocycles. The van der Waals surface area contributed by atoms with Crippen LogP contribution in [0, 0.1) is 0 Å². The van der Waals surface area contributed by atoms with E-state index in [1.165, 1.54) is 11.3 Å². The molecule has 0 saturated carbocycles. The number of hydrogen-bond donors (Lipinski definition) is 1. The minimum Gasteiger partial charge on any atom is -0.411 e. The standard InChI is InChI=1S/C12H16N2O/c1-12(2)9-6-4-5-7-10(9)14(3)11(12)8-13-15/h4-8,11,15H,1-3H3. The van der Waals surface area contributed by atoms with Crippen molar-refractivity contribution in [3.05, 3.63) is 29.8 Å². The van der Waals surface area contributed by atoms with Crippen molar-refractivity contribution in [1.29, 1.82) is 0 Å². The Balaban J connectivity index is 2.54. The summed E-state index contributed by atoms with van der Waals surface area (Å²) in [6.07, 6.45) is 1.60. The second-order valence-corrected chi connectivity index (χ2v) is 4.56. The van der Waals surface area contributed by atoms with Crippen LogP contribution in [-0.2, 0) is 5.41 Å². The maximum atomic E-state index is 8.70. The van der Waals surface area contributed by atoms with Gasteiger partial charge in [-0.2, -0.15) is 0 Å². The van der Waals surface area contributed by atoms with Gasteiger partial charge >= 0.3 is 0 Å². The van der Waals surface area contributed by atoms with Crippen molar-refractivity contribution in [2.24, 2.45) is 5.16 Å². The topological polar surface area (TPSA) is 35.8 Å².